The van der Waals surface area contributed by atoms with Gasteiger partial charge in [0.05, 0.1) is 0 Å². The Labute approximate surface area is 150 Å². The van der Waals surface area contributed by atoms with E-state index in [2.05, 4.69) is 39.5 Å². The first-order valence-corrected chi connectivity index (χ1v) is 9.34. The highest BCUT2D eigenvalue weighted by atomic mass is 16.2. The quantitative estimate of drug-likeness (QED) is 0.605. The number of aliphatic imine (C=N–C) groups is 1. The van der Waals surface area contributed by atoms with Crippen LogP contribution in [0.1, 0.15) is 25.7 Å². The molecule has 3 rings (SSSR count). The molecule has 1 saturated carbocycles. The molecule has 2 aliphatic rings. The second kappa shape index (κ2) is 8.74. The van der Waals surface area contributed by atoms with E-state index in [1.807, 2.05) is 11.0 Å². The van der Waals surface area contributed by atoms with Crippen LogP contribution in [0.4, 0.5) is 5.69 Å². The molecule has 1 amide bonds. The molecule has 0 bridgehead atoms. The fourth-order valence-electron chi connectivity index (χ4n) is 3.27. The van der Waals surface area contributed by atoms with E-state index < -0.39 is 0 Å². The van der Waals surface area contributed by atoms with Gasteiger partial charge < -0.3 is 20.9 Å². The van der Waals surface area contributed by atoms with Crippen LogP contribution in [-0.2, 0) is 4.79 Å². The molecule has 0 aromatic heterocycles. The third-order valence-electron chi connectivity index (χ3n) is 5.14. The number of nitrogens with zero attached hydrogens (tertiary/aromatic N) is 3. The van der Waals surface area contributed by atoms with Gasteiger partial charge in [0.1, 0.15) is 0 Å². The zero-order chi connectivity index (χ0) is 17.5. The van der Waals surface area contributed by atoms with Crippen molar-refractivity contribution in [2.45, 2.75) is 25.7 Å². The Morgan fingerprint density at radius 3 is 2.52 bits per heavy atom. The maximum atomic E-state index is 12.3. The Morgan fingerprint density at radius 1 is 1.16 bits per heavy atom. The number of amides is 1. The zero-order valence-corrected chi connectivity index (χ0v) is 14.9. The number of benzene rings is 1. The normalized spacial score (nSPS) is 18.8. The summed E-state index contributed by atoms with van der Waals surface area (Å²) in [4.78, 5) is 21.0. The molecule has 1 saturated heterocycles. The molecule has 1 aromatic rings. The number of hydrogen-bond donors (Lipinski definition) is 2. The van der Waals surface area contributed by atoms with Gasteiger partial charge in [-0.25, -0.2) is 0 Å². The summed E-state index contributed by atoms with van der Waals surface area (Å²) in [5.74, 6) is 1.36. The highest BCUT2D eigenvalue weighted by Gasteiger charge is 2.21. The van der Waals surface area contributed by atoms with Crippen LogP contribution < -0.4 is 16.0 Å². The van der Waals surface area contributed by atoms with Crippen LogP contribution in [0.3, 0.4) is 0 Å². The highest BCUT2D eigenvalue weighted by Crippen LogP contribution is 2.26. The van der Waals surface area contributed by atoms with Gasteiger partial charge in [0.25, 0.3) is 0 Å². The van der Waals surface area contributed by atoms with Crippen LogP contribution in [0.15, 0.2) is 35.3 Å². The minimum Gasteiger partial charge on any atom is -0.370 e. The van der Waals surface area contributed by atoms with Crippen LogP contribution >= 0.6 is 0 Å². The molecule has 0 unspecified atom stereocenters. The van der Waals surface area contributed by atoms with Gasteiger partial charge in [-0.3, -0.25) is 9.79 Å². The highest BCUT2D eigenvalue weighted by molar-refractivity contribution is 5.80. The standard InChI is InChI=1S/C19H29N5O/c20-19(22-15-16-5-4-6-16)21-10-9-18(25)24-13-11-23(12-14-24)17-7-2-1-3-8-17/h1-3,7-8,16H,4-6,9-15H2,(H3,20,21,22). The molecule has 1 aliphatic carbocycles. The molecule has 1 aromatic carbocycles. The van der Waals surface area contributed by atoms with E-state index in [0.29, 0.717) is 24.8 Å². The van der Waals surface area contributed by atoms with Crippen LogP contribution in [0.25, 0.3) is 0 Å². The molecule has 2 fully saturated rings. The molecular weight excluding hydrogens is 314 g/mol. The van der Waals surface area contributed by atoms with Crippen molar-refractivity contribution >= 4 is 17.6 Å². The summed E-state index contributed by atoms with van der Waals surface area (Å²) in [5.41, 5.74) is 7.08. The molecule has 25 heavy (non-hydrogen) atoms. The maximum Gasteiger partial charge on any atom is 0.224 e. The number of piperazine rings is 1. The number of carbonyl (C=O) groups is 1. The first-order valence-electron chi connectivity index (χ1n) is 9.34. The molecule has 6 heteroatoms. The lowest BCUT2D eigenvalue weighted by Gasteiger charge is -2.36. The average Bonchev–Trinajstić information content (AvgIpc) is 2.61. The van der Waals surface area contributed by atoms with Gasteiger partial charge in [0.2, 0.25) is 5.91 Å². The fraction of sp³-hybridized carbons (Fsp3) is 0.579. The number of carbonyl (C=O) groups excluding carboxylic acids is 1. The second-order valence-electron chi connectivity index (χ2n) is 6.90. The third kappa shape index (κ3) is 5.11. The largest absolute Gasteiger partial charge is 0.370 e. The van der Waals surface area contributed by atoms with Gasteiger partial charge >= 0.3 is 0 Å². The van der Waals surface area contributed by atoms with Crippen molar-refractivity contribution in [3.05, 3.63) is 30.3 Å². The molecule has 0 radical (unpaired) electrons. The summed E-state index contributed by atoms with van der Waals surface area (Å²) >= 11 is 0. The number of guanidine groups is 1. The van der Waals surface area contributed by atoms with Gasteiger partial charge in [-0.2, -0.15) is 0 Å². The van der Waals surface area contributed by atoms with E-state index in [0.717, 1.165) is 32.7 Å². The number of anilines is 1. The summed E-state index contributed by atoms with van der Waals surface area (Å²) < 4.78 is 0. The number of rotatable bonds is 6. The monoisotopic (exact) mass is 343 g/mol. The van der Waals surface area contributed by atoms with Crippen LogP contribution in [0.5, 0.6) is 0 Å². The Hall–Kier alpha value is -2.24. The van der Waals surface area contributed by atoms with Gasteiger partial charge in [0.15, 0.2) is 5.96 Å². The minimum absolute atomic E-state index is 0.187. The topological polar surface area (TPSA) is 74.0 Å². The first-order chi connectivity index (χ1) is 12.2. The van der Waals surface area contributed by atoms with Crippen molar-refractivity contribution in [1.29, 1.82) is 0 Å². The lowest BCUT2D eigenvalue weighted by atomic mass is 9.86. The summed E-state index contributed by atoms with van der Waals surface area (Å²) in [6.45, 7) is 4.69. The van der Waals surface area contributed by atoms with Crippen LogP contribution in [0, 0.1) is 5.92 Å². The molecule has 3 N–H and O–H groups in total. The predicted molar refractivity (Wildman–Crippen MR) is 102 cm³/mol. The van der Waals surface area contributed by atoms with Crippen LogP contribution in [-0.4, -0.2) is 56.0 Å². The Morgan fingerprint density at radius 2 is 1.88 bits per heavy atom. The van der Waals surface area contributed by atoms with Crippen molar-refractivity contribution in [3.8, 4) is 0 Å². The van der Waals surface area contributed by atoms with Crippen molar-refractivity contribution in [2.75, 3.05) is 44.2 Å². The van der Waals surface area contributed by atoms with Crippen molar-refractivity contribution in [3.63, 3.8) is 0 Å². The molecule has 0 atom stereocenters. The molecule has 0 spiro atoms. The van der Waals surface area contributed by atoms with Gasteiger partial charge in [-0.05, 0) is 30.9 Å². The minimum atomic E-state index is 0.187. The number of nitrogens with one attached hydrogen (secondary N) is 1. The van der Waals surface area contributed by atoms with E-state index >= 15 is 0 Å². The van der Waals surface area contributed by atoms with E-state index in [9.17, 15) is 4.79 Å². The van der Waals surface area contributed by atoms with E-state index in [1.54, 1.807) is 0 Å². The van der Waals surface area contributed by atoms with Crippen molar-refractivity contribution in [1.82, 2.24) is 10.2 Å². The smallest absolute Gasteiger partial charge is 0.224 e. The first kappa shape index (κ1) is 17.6. The Bertz CT molecular complexity index is 577. The molecule has 136 valence electrons. The van der Waals surface area contributed by atoms with E-state index in [-0.39, 0.29) is 5.91 Å². The number of para-hydroxylation sites is 1. The van der Waals surface area contributed by atoms with Gasteiger partial charge in [0, 0.05) is 51.4 Å². The molecule has 1 heterocycles. The summed E-state index contributed by atoms with van der Waals surface area (Å²) in [6, 6.07) is 10.4. The van der Waals surface area contributed by atoms with Crippen LogP contribution in [0.2, 0.25) is 0 Å². The molecule has 6 nitrogen and oxygen atoms in total. The summed E-state index contributed by atoms with van der Waals surface area (Å²) in [7, 11) is 0. The Balaban J connectivity index is 1.33. The van der Waals surface area contributed by atoms with Crippen molar-refractivity contribution in [2.24, 2.45) is 16.6 Å². The molecular formula is C19H29N5O. The average molecular weight is 343 g/mol. The third-order valence-corrected chi connectivity index (χ3v) is 5.14. The van der Waals surface area contributed by atoms with Gasteiger partial charge in [-0.15, -0.1) is 0 Å². The van der Waals surface area contributed by atoms with E-state index in [4.69, 9.17) is 5.73 Å². The fourth-order valence-corrected chi connectivity index (χ4v) is 3.27. The van der Waals surface area contributed by atoms with Gasteiger partial charge in [-0.1, -0.05) is 24.6 Å². The second-order valence-corrected chi connectivity index (χ2v) is 6.90. The maximum absolute atomic E-state index is 12.3. The predicted octanol–water partition coefficient (Wildman–Crippen LogP) is 1.43. The lowest BCUT2D eigenvalue weighted by Crippen LogP contribution is -2.49. The lowest BCUT2D eigenvalue weighted by molar-refractivity contribution is -0.131. The zero-order valence-electron chi connectivity index (χ0n) is 14.9. The summed E-state index contributed by atoms with van der Waals surface area (Å²) in [5, 5.41) is 3.06. The summed E-state index contributed by atoms with van der Waals surface area (Å²) in [6.07, 6.45) is 4.32. The number of hydrogen-bond acceptors (Lipinski definition) is 3. The van der Waals surface area contributed by atoms with E-state index in [1.165, 1.54) is 24.9 Å². The molecule has 1 aliphatic heterocycles. The SMILES string of the molecule is NC(=NCC1CCC1)NCCC(=O)N1CCN(c2ccccc2)CC1. The van der Waals surface area contributed by atoms with Crippen molar-refractivity contribution < 1.29 is 4.79 Å². The number of nitrogens with two attached hydrogens (primary N) is 1. The Kier molecular flexibility index (Phi) is 6.14.